The second-order valence-corrected chi connectivity index (χ2v) is 8.36. The maximum atomic E-state index is 12.4. The molecule has 0 aliphatic heterocycles. The third kappa shape index (κ3) is 6.69. The zero-order chi connectivity index (χ0) is 20.5. The molecule has 0 bridgehead atoms. The van der Waals surface area contributed by atoms with Crippen molar-refractivity contribution in [2.75, 3.05) is 10.6 Å². The number of aromatic nitrogens is 2. The Morgan fingerprint density at radius 1 is 0.966 bits per heavy atom. The predicted octanol–water partition coefficient (Wildman–Crippen LogP) is 4.96. The van der Waals surface area contributed by atoms with Crippen LogP contribution in [0.15, 0.2) is 54.6 Å². The number of carbonyl (C=O) groups excluding carboxylic acids is 2. The van der Waals surface area contributed by atoms with Gasteiger partial charge >= 0.3 is 0 Å². The second kappa shape index (κ2) is 10.7. The second-order valence-electron chi connectivity index (χ2n) is 6.31. The lowest BCUT2D eigenvalue weighted by atomic mass is 10.2. The molecule has 0 atom stereocenters. The summed E-state index contributed by atoms with van der Waals surface area (Å²) in [6.07, 6.45) is 1.27. The smallest absolute Gasteiger partial charge is 0.257 e. The summed E-state index contributed by atoms with van der Waals surface area (Å²) in [5.74, 6) is 1.37. The fraction of sp³-hybridized carbons (Fsp3) is 0.238. The van der Waals surface area contributed by atoms with E-state index in [4.69, 9.17) is 0 Å². The highest BCUT2D eigenvalue weighted by Crippen LogP contribution is 2.23. The summed E-state index contributed by atoms with van der Waals surface area (Å²) in [6.45, 7) is 1.95. The zero-order valence-corrected chi connectivity index (χ0v) is 17.7. The molecule has 0 aliphatic carbocycles. The Balaban J connectivity index is 1.48. The molecule has 3 aromatic rings. The number of carbonyl (C=O) groups is 2. The Morgan fingerprint density at radius 3 is 2.45 bits per heavy atom. The average molecular weight is 427 g/mol. The Labute approximate surface area is 178 Å². The van der Waals surface area contributed by atoms with Crippen LogP contribution in [-0.2, 0) is 16.3 Å². The maximum Gasteiger partial charge on any atom is 0.257 e. The fourth-order valence-electron chi connectivity index (χ4n) is 2.52. The summed E-state index contributed by atoms with van der Waals surface area (Å²) in [5.41, 5.74) is 2.44. The number of nitrogens with one attached hydrogen (secondary N) is 2. The molecule has 0 unspecified atom stereocenters. The van der Waals surface area contributed by atoms with Crippen molar-refractivity contribution in [2.45, 2.75) is 31.3 Å². The number of hydrogen-bond acceptors (Lipinski definition) is 6. The van der Waals surface area contributed by atoms with E-state index in [1.807, 2.05) is 25.1 Å². The molecule has 2 N–H and O–H groups in total. The molecule has 1 aromatic heterocycles. The van der Waals surface area contributed by atoms with Crippen molar-refractivity contribution in [3.63, 3.8) is 0 Å². The van der Waals surface area contributed by atoms with Crippen LogP contribution in [0, 0.1) is 0 Å². The Morgan fingerprint density at radius 2 is 1.72 bits per heavy atom. The van der Waals surface area contributed by atoms with E-state index >= 15 is 0 Å². The number of benzene rings is 2. The summed E-state index contributed by atoms with van der Waals surface area (Å²) in [6, 6.07) is 17.0. The number of nitrogens with zero attached hydrogens (tertiary/aromatic N) is 2. The number of hydrogen-bond donors (Lipinski definition) is 2. The zero-order valence-electron chi connectivity index (χ0n) is 16.1. The molecular formula is C21H22N4O2S2. The predicted molar refractivity (Wildman–Crippen MR) is 119 cm³/mol. The van der Waals surface area contributed by atoms with Gasteiger partial charge < -0.3 is 5.32 Å². The molecule has 29 heavy (non-hydrogen) atoms. The highest BCUT2D eigenvalue weighted by atomic mass is 32.2. The van der Waals surface area contributed by atoms with Crippen LogP contribution in [0.25, 0.3) is 0 Å². The van der Waals surface area contributed by atoms with E-state index in [1.165, 1.54) is 16.9 Å². The summed E-state index contributed by atoms with van der Waals surface area (Å²) in [5, 5.41) is 15.1. The van der Waals surface area contributed by atoms with Crippen LogP contribution in [0.5, 0.6) is 0 Å². The first-order chi connectivity index (χ1) is 14.1. The first-order valence-electron chi connectivity index (χ1n) is 9.29. The normalized spacial score (nSPS) is 10.5. The maximum absolute atomic E-state index is 12.4. The van der Waals surface area contributed by atoms with Crippen molar-refractivity contribution in [3.8, 4) is 0 Å². The molecule has 3 rings (SSSR count). The van der Waals surface area contributed by atoms with Crippen molar-refractivity contribution < 1.29 is 9.59 Å². The van der Waals surface area contributed by atoms with Crippen LogP contribution in [0.1, 0.15) is 40.7 Å². The molecule has 0 saturated carbocycles. The summed E-state index contributed by atoms with van der Waals surface area (Å²) in [4.78, 5) is 24.0. The summed E-state index contributed by atoms with van der Waals surface area (Å²) in [7, 11) is 0. The van der Waals surface area contributed by atoms with Crippen molar-refractivity contribution in [1.29, 1.82) is 0 Å². The van der Waals surface area contributed by atoms with Gasteiger partial charge in [-0.3, -0.25) is 14.9 Å². The Kier molecular flexibility index (Phi) is 7.77. The van der Waals surface area contributed by atoms with Crippen LogP contribution >= 0.6 is 23.1 Å². The molecule has 1 heterocycles. The van der Waals surface area contributed by atoms with Gasteiger partial charge in [0.2, 0.25) is 11.0 Å². The molecule has 0 aliphatic rings. The minimum Gasteiger partial charge on any atom is -0.326 e. The minimum atomic E-state index is -0.254. The number of rotatable bonds is 9. The molecule has 2 aromatic carbocycles. The van der Waals surface area contributed by atoms with Gasteiger partial charge in [-0.1, -0.05) is 48.6 Å². The van der Waals surface area contributed by atoms with Crippen molar-refractivity contribution in [2.24, 2.45) is 0 Å². The number of thioether (sulfide) groups is 1. The molecule has 6 nitrogen and oxygen atoms in total. The van der Waals surface area contributed by atoms with Crippen LogP contribution in [0.2, 0.25) is 0 Å². The van der Waals surface area contributed by atoms with Gasteiger partial charge in [-0.2, -0.15) is 0 Å². The fourth-order valence-corrected chi connectivity index (χ4v) is 4.30. The monoisotopic (exact) mass is 426 g/mol. The van der Waals surface area contributed by atoms with E-state index in [2.05, 4.69) is 33.0 Å². The average Bonchev–Trinajstić information content (AvgIpc) is 3.16. The largest absolute Gasteiger partial charge is 0.326 e. The van der Waals surface area contributed by atoms with Gasteiger partial charge in [0, 0.05) is 29.2 Å². The minimum absolute atomic E-state index is 0.0313. The van der Waals surface area contributed by atoms with Crippen LogP contribution in [0.3, 0.4) is 0 Å². The first-order valence-corrected chi connectivity index (χ1v) is 11.3. The molecule has 2 amide bonds. The Bertz CT molecular complexity index is 943. The molecule has 0 saturated heterocycles. The van der Waals surface area contributed by atoms with E-state index in [9.17, 15) is 9.59 Å². The van der Waals surface area contributed by atoms with E-state index in [-0.39, 0.29) is 11.8 Å². The lowest BCUT2D eigenvalue weighted by Crippen LogP contribution is -2.13. The first kappa shape index (κ1) is 21.0. The molecule has 0 fully saturated rings. The van der Waals surface area contributed by atoms with Gasteiger partial charge in [0.05, 0.1) is 0 Å². The molecule has 0 radical (unpaired) electrons. The van der Waals surface area contributed by atoms with Gasteiger partial charge in [0.1, 0.15) is 5.01 Å². The van der Waals surface area contributed by atoms with Gasteiger partial charge in [-0.15, -0.1) is 22.0 Å². The molecule has 0 spiro atoms. The van der Waals surface area contributed by atoms with E-state index in [0.717, 1.165) is 22.9 Å². The molecule has 150 valence electrons. The Hall–Kier alpha value is -2.71. The van der Waals surface area contributed by atoms with Crippen LogP contribution < -0.4 is 10.6 Å². The highest BCUT2D eigenvalue weighted by Gasteiger charge is 2.11. The summed E-state index contributed by atoms with van der Waals surface area (Å²) < 4.78 is 0. The topological polar surface area (TPSA) is 84.0 Å². The SMILES string of the molecule is CCCC(=O)Nc1ccc(C(=O)Nc2nnc(CSCc3ccccc3)s2)cc1. The lowest BCUT2D eigenvalue weighted by Gasteiger charge is -2.05. The van der Waals surface area contributed by atoms with Gasteiger partial charge in [0.25, 0.3) is 5.91 Å². The number of amides is 2. The third-order valence-corrected chi connectivity index (χ3v) is 5.97. The lowest BCUT2D eigenvalue weighted by molar-refractivity contribution is -0.116. The standard InChI is InChI=1S/C21H22N4O2S2/c1-2-6-18(26)22-17-11-9-16(10-12-17)20(27)23-21-25-24-19(29-21)14-28-13-15-7-4-3-5-8-15/h3-5,7-12H,2,6,13-14H2,1H3,(H,22,26)(H,23,25,27). The van der Waals surface area contributed by atoms with Crippen LogP contribution in [-0.4, -0.2) is 22.0 Å². The van der Waals surface area contributed by atoms with E-state index < -0.39 is 0 Å². The molecular weight excluding hydrogens is 404 g/mol. The van der Waals surface area contributed by atoms with Crippen LogP contribution in [0.4, 0.5) is 10.8 Å². The third-order valence-electron chi connectivity index (χ3n) is 3.93. The van der Waals surface area contributed by atoms with Crippen molar-refractivity contribution >= 4 is 45.7 Å². The van der Waals surface area contributed by atoms with Gasteiger partial charge in [0.15, 0.2) is 0 Å². The van der Waals surface area contributed by atoms with Crippen molar-refractivity contribution in [3.05, 3.63) is 70.7 Å². The van der Waals surface area contributed by atoms with E-state index in [0.29, 0.717) is 22.8 Å². The molecule has 8 heteroatoms. The highest BCUT2D eigenvalue weighted by molar-refractivity contribution is 7.97. The van der Waals surface area contributed by atoms with Gasteiger partial charge in [-0.05, 0) is 36.2 Å². The van der Waals surface area contributed by atoms with Crippen molar-refractivity contribution in [1.82, 2.24) is 10.2 Å². The summed E-state index contributed by atoms with van der Waals surface area (Å²) >= 11 is 3.13. The van der Waals surface area contributed by atoms with E-state index in [1.54, 1.807) is 36.0 Å². The number of anilines is 2. The quantitative estimate of drug-likeness (QED) is 0.505. The van der Waals surface area contributed by atoms with Gasteiger partial charge in [-0.25, -0.2) is 0 Å².